The van der Waals surface area contributed by atoms with Crippen molar-refractivity contribution in [1.82, 2.24) is 24.8 Å². The molecule has 2 fully saturated rings. The zero-order chi connectivity index (χ0) is 19.3. The highest BCUT2D eigenvalue weighted by Crippen LogP contribution is 2.26. The summed E-state index contributed by atoms with van der Waals surface area (Å²) in [6, 6.07) is 5.56. The molecule has 1 N–H and O–H groups in total. The van der Waals surface area contributed by atoms with E-state index < -0.39 is 0 Å². The van der Waals surface area contributed by atoms with Crippen LogP contribution in [0.25, 0.3) is 11.5 Å². The molecule has 0 radical (unpaired) electrons. The first-order valence-electron chi connectivity index (χ1n) is 10.1. The lowest BCUT2D eigenvalue weighted by molar-refractivity contribution is 0.0777. The molecule has 2 aliphatic rings. The zero-order valence-electron chi connectivity index (χ0n) is 16.1. The van der Waals surface area contributed by atoms with E-state index in [1.807, 2.05) is 23.1 Å². The summed E-state index contributed by atoms with van der Waals surface area (Å²) in [5.74, 6) is 0.905. The lowest BCUT2D eigenvalue weighted by Gasteiger charge is -2.30. The van der Waals surface area contributed by atoms with Gasteiger partial charge in [0.05, 0.1) is 5.56 Å². The number of likely N-dealkylation sites (tertiary alicyclic amines) is 2. The second-order valence-electron chi connectivity index (χ2n) is 7.78. The Morgan fingerprint density at radius 2 is 1.79 bits per heavy atom. The standard InChI is InChI=1S/C21H27N5O2/c27-15-18-14-26(13-17(18)12-25-8-4-1-5-9-25)21(28)16-10-23-20(24-11-16)19-6-2-3-7-22-19/h2-3,6-7,10-11,17-18,27H,1,4-5,8-9,12-15H2/t17-,18-/m1/s1. The second kappa shape index (κ2) is 8.75. The summed E-state index contributed by atoms with van der Waals surface area (Å²) in [7, 11) is 0. The Balaban J connectivity index is 1.41. The van der Waals surface area contributed by atoms with Gasteiger partial charge in [-0.05, 0) is 44.0 Å². The molecular weight excluding hydrogens is 354 g/mol. The highest BCUT2D eigenvalue weighted by molar-refractivity contribution is 5.94. The van der Waals surface area contributed by atoms with E-state index in [1.54, 1.807) is 18.6 Å². The van der Waals surface area contributed by atoms with Gasteiger partial charge >= 0.3 is 0 Å². The number of amides is 1. The minimum absolute atomic E-state index is 0.0628. The van der Waals surface area contributed by atoms with Crippen LogP contribution in [0.3, 0.4) is 0 Å². The summed E-state index contributed by atoms with van der Waals surface area (Å²) >= 11 is 0. The normalized spacial score (nSPS) is 23.1. The fourth-order valence-corrected chi connectivity index (χ4v) is 4.24. The van der Waals surface area contributed by atoms with Crippen molar-refractivity contribution in [1.29, 1.82) is 0 Å². The van der Waals surface area contributed by atoms with Gasteiger partial charge in [-0.25, -0.2) is 9.97 Å². The molecule has 0 aromatic carbocycles. The molecule has 148 valence electrons. The van der Waals surface area contributed by atoms with E-state index in [2.05, 4.69) is 19.9 Å². The maximum absolute atomic E-state index is 12.9. The van der Waals surface area contributed by atoms with Crippen LogP contribution < -0.4 is 0 Å². The molecule has 0 bridgehead atoms. The number of aliphatic hydroxyl groups excluding tert-OH is 1. The predicted octanol–water partition coefficient (Wildman–Crippen LogP) is 1.70. The van der Waals surface area contributed by atoms with E-state index in [0.717, 1.165) is 19.6 Å². The van der Waals surface area contributed by atoms with Crippen molar-refractivity contribution in [3.8, 4) is 11.5 Å². The van der Waals surface area contributed by atoms with Gasteiger partial charge in [0.15, 0.2) is 5.82 Å². The average molecular weight is 381 g/mol. The van der Waals surface area contributed by atoms with Gasteiger partial charge in [0.2, 0.25) is 0 Å². The minimum atomic E-state index is -0.0628. The van der Waals surface area contributed by atoms with Crippen LogP contribution >= 0.6 is 0 Å². The van der Waals surface area contributed by atoms with Crippen molar-refractivity contribution in [3.05, 3.63) is 42.4 Å². The molecule has 2 aromatic heterocycles. The van der Waals surface area contributed by atoms with Crippen molar-refractivity contribution in [2.24, 2.45) is 11.8 Å². The molecule has 2 atom stereocenters. The Bertz CT molecular complexity index is 777. The van der Waals surface area contributed by atoms with Gasteiger partial charge < -0.3 is 14.9 Å². The lowest BCUT2D eigenvalue weighted by Crippen LogP contribution is -2.37. The van der Waals surface area contributed by atoms with Crippen molar-refractivity contribution in [3.63, 3.8) is 0 Å². The zero-order valence-corrected chi connectivity index (χ0v) is 16.1. The van der Waals surface area contributed by atoms with Gasteiger partial charge in [-0.1, -0.05) is 12.5 Å². The monoisotopic (exact) mass is 381 g/mol. The van der Waals surface area contributed by atoms with Gasteiger partial charge in [-0.15, -0.1) is 0 Å². The second-order valence-corrected chi connectivity index (χ2v) is 7.78. The van der Waals surface area contributed by atoms with Crippen LogP contribution in [0.15, 0.2) is 36.8 Å². The fourth-order valence-electron chi connectivity index (χ4n) is 4.24. The Labute approximate surface area is 165 Å². The maximum Gasteiger partial charge on any atom is 0.257 e. The van der Waals surface area contributed by atoms with Crippen LogP contribution in [0.4, 0.5) is 0 Å². The van der Waals surface area contributed by atoms with E-state index in [0.29, 0.717) is 36.1 Å². The van der Waals surface area contributed by atoms with Crippen molar-refractivity contribution < 1.29 is 9.90 Å². The van der Waals surface area contributed by atoms with Crippen LogP contribution in [0.1, 0.15) is 29.6 Å². The molecular formula is C21H27N5O2. The molecule has 7 nitrogen and oxygen atoms in total. The number of hydrogen-bond acceptors (Lipinski definition) is 6. The van der Waals surface area contributed by atoms with E-state index >= 15 is 0 Å². The van der Waals surface area contributed by atoms with E-state index in [-0.39, 0.29) is 18.4 Å². The van der Waals surface area contributed by atoms with E-state index in [4.69, 9.17) is 0 Å². The van der Waals surface area contributed by atoms with Gasteiger partial charge in [0.1, 0.15) is 5.69 Å². The largest absolute Gasteiger partial charge is 0.396 e. The third kappa shape index (κ3) is 4.20. The molecule has 4 rings (SSSR count). The van der Waals surface area contributed by atoms with Gasteiger partial charge in [0.25, 0.3) is 5.91 Å². The van der Waals surface area contributed by atoms with Gasteiger partial charge in [-0.3, -0.25) is 9.78 Å². The van der Waals surface area contributed by atoms with Crippen LogP contribution in [-0.2, 0) is 0 Å². The van der Waals surface area contributed by atoms with E-state index in [1.165, 1.54) is 19.3 Å². The molecule has 0 unspecified atom stereocenters. The summed E-state index contributed by atoms with van der Waals surface area (Å²) in [5.41, 5.74) is 1.17. The topological polar surface area (TPSA) is 82.5 Å². The van der Waals surface area contributed by atoms with E-state index in [9.17, 15) is 9.90 Å². The van der Waals surface area contributed by atoms with Crippen LogP contribution in [-0.4, -0.2) is 75.1 Å². The number of hydrogen-bond donors (Lipinski definition) is 1. The summed E-state index contributed by atoms with van der Waals surface area (Å²) < 4.78 is 0. The first kappa shape index (κ1) is 19.0. The van der Waals surface area contributed by atoms with Crippen LogP contribution in [0.5, 0.6) is 0 Å². The van der Waals surface area contributed by atoms with Crippen molar-refractivity contribution in [2.45, 2.75) is 19.3 Å². The SMILES string of the molecule is O=C(c1cnc(-c2ccccn2)nc1)N1C[C@@H](CN2CCCCC2)[C@@H](CO)C1. The number of piperidine rings is 1. The highest BCUT2D eigenvalue weighted by atomic mass is 16.3. The Morgan fingerprint density at radius 3 is 2.46 bits per heavy atom. The van der Waals surface area contributed by atoms with Gasteiger partial charge in [-0.2, -0.15) is 0 Å². The smallest absolute Gasteiger partial charge is 0.257 e. The molecule has 2 aliphatic heterocycles. The summed E-state index contributed by atoms with van der Waals surface area (Å²) in [6.07, 6.45) is 8.65. The third-order valence-electron chi connectivity index (χ3n) is 5.83. The quantitative estimate of drug-likeness (QED) is 0.849. The molecule has 0 aliphatic carbocycles. The fraction of sp³-hybridized carbons (Fsp3) is 0.524. The van der Waals surface area contributed by atoms with Crippen LogP contribution in [0.2, 0.25) is 0 Å². The van der Waals surface area contributed by atoms with Crippen molar-refractivity contribution >= 4 is 5.91 Å². The number of carbonyl (C=O) groups is 1. The number of aromatic nitrogens is 3. The molecule has 0 saturated carbocycles. The molecule has 0 spiro atoms. The number of pyridine rings is 1. The molecule has 7 heteroatoms. The highest BCUT2D eigenvalue weighted by Gasteiger charge is 2.36. The summed E-state index contributed by atoms with van der Waals surface area (Å²) in [5, 5.41) is 9.81. The number of nitrogens with zero attached hydrogens (tertiary/aromatic N) is 5. The number of carbonyl (C=O) groups excluding carboxylic acids is 1. The Morgan fingerprint density at radius 1 is 1.04 bits per heavy atom. The minimum Gasteiger partial charge on any atom is -0.396 e. The Hall–Kier alpha value is -2.38. The summed E-state index contributed by atoms with van der Waals surface area (Å²) in [4.78, 5) is 30.1. The molecule has 4 heterocycles. The van der Waals surface area contributed by atoms with Gasteiger partial charge in [0, 0.05) is 50.7 Å². The number of aliphatic hydroxyl groups is 1. The maximum atomic E-state index is 12.9. The molecule has 2 aromatic rings. The van der Waals surface area contributed by atoms with Crippen LogP contribution in [0, 0.1) is 11.8 Å². The molecule has 28 heavy (non-hydrogen) atoms. The molecule has 1 amide bonds. The lowest BCUT2D eigenvalue weighted by atomic mass is 9.95. The first-order chi connectivity index (χ1) is 13.7. The average Bonchev–Trinajstić information content (AvgIpc) is 3.17. The third-order valence-corrected chi connectivity index (χ3v) is 5.83. The summed E-state index contributed by atoms with van der Waals surface area (Å²) in [6.45, 7) is 4.62. The first-order valence-corrected chi connectivity index (χ1v) is 10.1. The molecule has 2 saturated heterocycles. The van der Waals surface area contributed by atoms with Crippen molar-refractivity contribution in [2.75, 3.05) is 39.3 Å². The Kier molecular flexibility index (Phi) is 5.92. The predicted molar refractivity (Wildman–Crippen MR) is 106 cm³/mol. The number of rotatable bonds is 5.